The van der Waals surface area contributed by atoms with Crippen LogP contribution in [0.15, 0.2) is 24.3 Å². The molecule has 0 saturated carbocycles. The van der Waals surface area contributed by atoms with Crippen molar-refractivity contribution in [1.29, 1.82) is 0 Å². The first-order valence-electron chi connectivity index (χ1n) is 6.96. The maximum Gasteiger partial charge on any atom is 0.330 e. The van der Waals surface area contributed by atoms with Crippen molar-refractivity contribution in [3.05, 3.63) is 24.3 Å². The predicted octanol–water partition coefficient (Wildman–Crippen LogP) is 2.03. The Bertz CT molecular complexity index is 412. The van der Waals surface area contributed by atoms with Crippen LogP contribution in [0.4, 0.5) is 0 Å². The van der Waals surface area contributed by atoms with E-state index >= 15 is 0 Å². The van der Waals surface area contributed by atoms with Crippen LogP contribution in [-0.4, -0.2) is 24.4 Å². The third-order valence-electron chi connectivity index (χ3n) is 3.05. The van der Waals surface area contributed by atoms with Crippen molar-refractivity contribution in [2.24, 2.45) is 0 Å². The molecule has 110 valence electrons. The number of imide groups is 1. The zero-order valence-electron chi connectivity index (χ0n) is 11.7. The molecule has 1 aliphatic heterocycles. The van der Waals surface area contributed by atoms with Crippen molar-refractivity contribution >= 4 is 17.8 Å². The van der Waals surface area contributed by atoms with Gasteiger partial charge in [0.1, 0.15) is 0 Å². The number of allylic oxidation sites excluding steroid dienone is 1. The van der Waals surface area contributed by atoms with E-state index < -0.39 is 0 Å². The SMILES string of the molecule is C=CC(=O)OCCCCCCCC=C1CC(=O)NC1=O. The summed E-state index contributed by atoms with van der Waals surface area (Å²) in [5.41, 5.74) is 0.589. The number of carbonyl (C=O) groups is 3. The average molecular weight is 279 g/mol. The van der Waals surface area contributed by atoms with E-state index in [1.165, 1.54) is 0 Å². The molecule has 0 atom stereocenters. The van der Waals surface area contributed by atoms with Gasteiger partial charge >= 0.3 is 5.97 Å². The van der Waals surface area contributed by atoms with Gasteiger partial charge in [-0.15, -0.1) is 0 Å². The molecule has 1 N–H and O–H groups in total. The third-order valence-corrected chi connectivity index (χ3v) is 3.05. The summed E-state index contributed by atoms with van der Waals surface area (Å²) in [6.07, 6.45) is 9.06. The minimum atomic E-state index is -0.374. The third kappa shape index (κ3) is 6.31. The van der Waals surface area contributed by atoms with E-state index in [-0.39, 0.29) is 24.2 Å². The molecule has 0 aromatic heterocycles. The molecule has 5 nitrogen and oxygen atoms in total. The highest BCUT2D eigenvalue weighted by molar-refractivity contribution is 6.13. The number of rotatable bonds is 9. The number of esters is 1. The molecule has 0 aromatic carbocycles. The number of amides is 2. The van der Waals surface area contributed by atoms with Gasteiger partial charge in [-0.25, -0.2) is 4.79 Å². The Morgan fingerprint density at radius 3 is 2.55 bits per heavy atom. The Hall–Kier alpha value is -1.91. The highest BCUT2D eigenvalue weighted by Gasteiger charge is 2.22. The van der Waals surface area contributed by atoms with Crippen molar-refractivity contribution in [2.75, 3.05) is 6.61 Å². The lowest BCUT2D eigenvalue weighted by atomic mass is 10.1. The highest BCUT2D eigenvalue weighted by atomic mass is 16.5. The lowest BCUT2D eigenvalue weighted by Gasteiger charge is -2.02. The van der Waals surface area contributed by atoms with E-state index in [4.69, 9.17) is 4.74 Å². The lowest BCUT2D eigenvalue weighted by molar-refractivity contribution is -0.137. The quantitative estimate of drug-likeness (QED) is 0.303. The molecule has 1 heterocycles. The number of hydrogen-bond donors (Lipinski definition) is 1. The lowest BCUT2D eigenvalue weighted by Crippen LogP contribution is -2.19. The van der Waals surface area contributed by atoms with Crippen molar-refractivity contribution in [3.8, 4) is 0 Å². The molecular formula is C15H21NO4. The van der Waals surface area contributed by atoms with Gasteiger partial charge in [-0.2, -0.15) is 0 Å². The summed E-state index contributed by atoms with van der Waals surface area (Å²) >= 11 is 0. The Kier molecular flexibility index (Phi) is 7.32. The summed E-state index contributed by atoms with van der Waals surface area (Å²) in [5, 5.41) is 2.26. The maximum atomic E-state index is 11.3. The standard InChI is InChI=1S/C15H21NO4/c1-2-14(18)20-10-8-6-4-3-5-7-9-12-11-13(17)16-15(12)19/h2,9H,1,3-8,10-11H2,(H,16,17,19). The van der Waals surface area contributed by atoms with Crippen LogP contribution in [0.5, 0.6) is 0 Å². The zero-order chi connectivity index (χ0) is 14.8. The van der Waals surface area contributed by atoms with E-state index in [1.54, 1.807) is 0 Å². The first kappa shape index (κ1) is 16.1. The largest absolute Gasteiger partial charge is 0.463 e. The fraction of sp³-hybridized carbons (Fsp3) is 0.533. The van der Waals surface area contributed by atoms with Gasteiger partial charge in [0, 0.05) is 11.6 Å². The van der Waals surface area contributed by atoms with E-state index in [9.17, 15) is 14.4 Å². The van der Waals surface area contributed by atoms with Crippen LogP contribution in [-0.2, 0) is 19.1 Å². The first-order chi connectivity index (χ1) is 9.63. The van der Waals surface area contributed by atoms with Gasteiger partial charge in [0.25, 0.3) is 5.91 Å². The van der Waals surface area contributed by atoms with Crippen LogP contribution in [0.25, 0.3) is 0 Å². The van der Waals surface area contributed by atoms with E-state index in [1.807, 2.05) is 6.08 Å². The van der Waals surface area contributed by atoms with E-state index in [2.05, 4.69) is 11.9 Å². The molecule has 0 unspecified atom stereocenters. The van der Waals surface area contributed by atoms with Gasteiger partial charge in [0.2, 0.25) is 5.91 Å². The smallest absolute Gasteiger partial charge is 0.330 e. The first-order valence-corrected chi connectivity index (χ1v) is 6.96. The van der Waals surface area contributed by atoms with Gasteiger partial charge in [-0.1, -0.05) is 31.9 Å². The molecule has 0 aliphatic carbocycles. The Labute approximate surface area is 119 Å². The topological polar surface area (TPSA) is 72.5 Å². The van der Waals surface area contributed by atoms with Crippen molar-refractivity contribution in [2.45, 2.75) is 44.9 Å². The molecule has 0 radical (unpaired) electrons. The normalized spacial score (nSPS) is 16.3. The van der Waals surface area contributed by atoms with Crippen LogP contribution in [0, 0.1) is 0 Å². The second-order valence-electron chi connectivity index (χ2n) is 4.71. The van der Waals surface area contributed by atoms with Crippen LogP contribution in [0.2, 0.25) is 0 Å². The Morgan fingerprint density at radius 1 is 1.20 bits per heavy atom. The molecule has 5 heteroatoms. The molecule has 2 amide bonds. The van der Waals surface area contributed by atoms with Crippen LogP contribution in [0.3, 0.4) is 0 Å². The molecule has 1 aliphatic rings. The molecule has 0 aromatic rings. The van der Waals surface area contributed by atoms with E-state index in [0.717, 1.165) is 44.6 Å². The number of hydrogen-bond acceptors (Lipinski definition) is 4. The van der Waals surface area contributed by atoms with Gasteiger partial charge in [0.15, 0.2) is 0 Å². The number of nitrogens with one attached hydrogen (secondary N) is 1. The maximum absolute atomic E-state index is 11.3. The molecule has 1 rings (SSSR count). The monoisotopic (exact) mass is 279 g/mol. The molecule has 0 spiro atoms. The van der Waals surface area contributed by atoms with Crippen LogP contribution < -0.4 is 5.32 Å². The van der Waals surface area contributed by atoms with Gasteiger partial charge in [-0.3, -0.25) is 14.9 Å². The molecule has 1 fully saturated rings. The second kappa shape index (κ2) is 9.07. The molecule has 20 heavy (non-hydrogen) atoms. The molecule has 1 saturated heterocycles. The summed E-state index contributed by atoms with van der Waals surface area (Å²) in [5.74, 6) is -0.838. The number of ether oxygens (including phenoxy) is 1. The Morgan fingerprint density at radius 2 is 1.90 bits per heavy atom. The number of unbranched alkanes of at least 4 members (excludes halogenated alkanes) is 5. The molecular weight excluding hydrogens is 258 g/mol. The van der Waals surface area contributed by atoms with Crippen LogP contribution >= 0.6 is 0 Å². The summed E-state index contributed by atoms with van der Waals surface area (Å²) in [7, 11) is 0. The van der Waals surface area contributed by atoms with Gasteiger partial charge in [-0.05, 0) is 19.3 Å². The van der Waals surface area contributed by atoms with Gasteiger partial charge < -0.3 is 4.74 Å². The minimum absolute atomic E-state index is 0.213. The fourth-order valence-electron chi connectivity index (χ4n) is 1.95. The fourth-order valence-corrected chi connectivity index (χ4v) is 1.95. The summed E-state index contributed by atoms with van der Waals surface area (Å²) in [6.45, 7) is 3.76. The van der Waals surface area contributed by atoms with Crippen molar-refractivity contribution in [3.63, 3.8) is 0 Å². The number of carbonyl (C=O) groups excluding carboxylic acids is 3. The van der Waals surface area contributed by atoms with Crippen molar-refractivity contribution in [1.82, 2.24) is 5.32 Å². The van der Waals surface area contributed by atoms with Gasteiger partial charge in [0.05, 0.1) is 13.0 Å². The Balaban J connectivity index is 1.96. The highest BCUT2D eigenvalue weighted by Crippen LogP contribution is 2.12. The van der Waals surface area contributed by atoms with E-state index in [0.29, 0.717) is 12.2 Å². The second-order valence-corrected chi connectivity index (χ2v) is 4.71. The zero-order valence-corrected chi connectivity index (χ0v) is 11.7. The summed E-state index contributed by atoms with van der Waals surface area (Å²) < 4.78 is 4.87. The summed E-state index contributed by atoms with van der Waals surface area (Å²) in [6, 6.07) is 0. The average Bonchev–Trinajstić information content (AvgIpc) is 2.74. The van der Waals surface area contributed by atoms with Crippen LogP contribution in [0.1, 0.15) is 44.9 Å². The summed E-state index contributed by atoms with van der Waals surface area (Å²) in [4.78, 5) is 33.0. The molecule has 0 bridgehead atoms. The minimum Gasteiger partial charge on any atom is -0.463 e. The van der Waals surface area contributed by atoms with Crippen molar-refractivity contribution < 1.29 is 19.1 Å². The predicted molar refractivity (Wildman–Crippen MR) is 74.7 cm³/mol.